The minimum absolute atomic E-state index is 0.000880. The summed E-state index contributed by atoms with van der Waals surface area (Å²) in [5.74, 6) is 0.000880. The molecule has 2 heteroatoms. The van der Waals surface area contributed by atoms with Crippen LogP contribution in [0.5, 0.6) is 0 Å². The van der Waals surface area contributed by atoms with E-state index in [4.69, 9.17) is 0 Å². The molecule has 0 aromatic heterocycles. The van der Waals surface area contributed by atoms with Gasteiger partial charge < -0.3 is 5.32 Å². The lowest BCUT2D eigenvalue weighted by molar-refractivity contribution is -0.117. The third-order valence-electron chi connectivity index (χ3n) is 1.56. The summed E-state index contributed by atoms with van der Waals surface area (Å²) in [6.07, 6.45) is 2.89. The predicted octanol–water partition coefficient (Wildman–Crippen LogP) is 1.87. The summed E-state index contributed by atoms with van der Waals surface area (Å²) in [4.78, 5) is 11.0. The third-order valence-corrected chi connectivity index (χ3v) is 1.56. The van der Waals surface area contributed by atoms with Gasteiger partial charge in [-0.05, 0) is 12.8 Å². The van der Waals surface area contributed by atoms with Crippen LogP contribution in [0.25, 0.3) is 0 Å². The SMILES string of the molecule is C=C(CC)C(=O)NCCCC. The summed E-state index contributed by atoms with van der Waals surface area (Å²) < 4.78 is 0. The molecule has 0 rings (SSSR count). The molecule has 0 fully saturated rings. The Morgan fingerprint density at radius 3 is 2.55 bits per heavy atom. The minimum Gasteiger partial charge on any atom is -0.352 e. The van der Waals surface area contributed by atoms with Gasteiger partial charge in [-0.2, -0.15) is 0 Å². The Kier molecular flexibility index (Phi) is 5.53. The maximum absolute atomic E-state index is 11.0. The van der Waals surface area contributed by atoms with Crippen molar-refractivity contribution in [3.63, 3.8) is 0 Å². The second kappa shape index (κ2) is 5.96. The molecule has 0 aliphatic rings. The average Bonchev–Trinajstić information content (AvgIpc) is 2.03. The molecule has 0 atom stereocenters. The van der Waals surface area contributed by atoms with Gasteiger partial charge in [-0.1, -0.05) is 26.8 Å². The number of amides is 1. The van der Waals surface area contributed by atoms with E-state index in [1.807, 2.05) is 6.92 Å². The van der Waals surface area contributed by atoms with E-state index in [9.17, 15) is 4.79 Å². The molecule has 64 valence electrons. The number of hydrogen-bond donors (Lipinski definition) is 1. The first-order valence-electron chi connectivity index (χ1n) is 4.18. The van der Waals surface area contributed by atoms with Gasteiger partial charge in [0, 0.05) is 12.1 Å². The average molecular weight is 155 g/mol. The standard InChI is InChI=1S/C9H17NO/c1-4-6-7-10-9(11)8(3)5-2/h3-7H2,1-2H3,(H,10,11). The van der Waals surface area contributed by atoms with Gasteiger partial charge in [-0.3, -0.25) is 4.79 Å². The highest BCUT2D eigenvalue weighted by Gasteiger charge is 2.01. The lowest BCUT2D eigenvalue weighted by atomic mass is 10.2. The number of carbonyl (C=O) groups excluding carboxylic acids is 1. The molecule has 0 aromatic rings. The normalized spacial score (nSPS) is 9.27. The molecule has 1 amide bonds. The number of hydrogen-bond acceptors (Lipinski definition) is 1. The van der Waals surface area contributed by atoms with Crippen LogP contribution in [0.1, 0.15) is 33.1 Å². The molecule has 11 heavy (non-hydrogen) atoms. The van der Waals surface area contributed by atoms with E-state index in [0.29, 0.717) is 5.57 Å². The summed E-state index contributed by atoms with van der Waals surface area (Å²) >= 11 is 0. The van der Waals surface area contributed by atoms with Crippen molar-refractivity contribution in [1.82, 2.24) is 5.32 Å². The van der Waals surface area contributed by atoms with E-state index in [1.165, 1.54) is 0 Å². The van der Waals surface area contributed by atoms with Crippen molar-refractivity contribution in [3.05, 3.63) is 12.2 Å². The van der Waals surface area contributed by atoms with Crippen LogP contribution in [0.4, 0.5) is 0 Å². The van der Waals surface area contributed by atoms with Crippen molar-refractivity contribution in [2.45, 2.75) is 33.1 Å². The topological polar surface area (TPSA) is 29.1 Å². The van der Waals surface area contributed by atoms with E-state index in [0.717, 1.165) is 25.8 Å². The molecule has 0 unspecified atom stereocenters. The molecular weight excluding hydrogens is 138 g/mol. The summed E-state index contributed by atoms with van der Waals surface area (Å²) in [6.45, 7) is 8.44. The highest BCUT2D eigenvalue weighted by atomic mass is 16.1. The van der Waals surface area contributed by atoms with Gasteiger partial charge in [-0.15, -0.1) is 0 Å². The first kappa shape index (κ1) is 10.2. The lowest BCUT2D eigenvalue weighted by Crippen LogP contribution is -2.25. The first-order chi connectivity index (χ1) is 5.22. The molecule has 0 aliphatic heterocycles. The zero-order valence-corrected chi connectivity index (χ0v) is 7.44. The molecule has 0 aromatic carbocycles. The second-order valence-electron chi connectivity index (χ2n) is 2.57. The van der Waals surface area contributed by atoms with Crippen molar-refractivity contribution in [2.75, 3.05) is 6.54 Å². The maximum Gasteiger partial charge on any atom is 0.246 e. The number of rotatable bonds is 5. The fraction of sp³-hybridized carbons (Fsp3) is 0.667. The monoisotopic (exact) mass is 155 g/mol. The molecule has 0 radical (unpaired) electrons. The Morgan fingerprint density at radius 2 is 2.09 bits per heavy atom. The van der Waals surface area contributed by atoms with Crippen LogP contribution in [0.3, 0.4) is 0 Å². The van der Waals surface area contributed by atoms with Crippen LogP contribution in [0, 0.1) is 0 Å². The third kappa shape index (κ3) is 4.59. The minimum atomic E-state index is 0.000880. The number of carbonyl (C=O) groups is 1. The van der Waals surface area contributed by atoms with Crippen LogP contribution < -0.4 is 5.32 Å². The molecule has 2 nitrogen and oxygen atoms in total. The number of unbranched alkanes of at least 4 members (excludes halogenated alkanes) is 1. The first-order valence-corrected chi connectivity index (χ1v) is 4.18. The van der Waals surface area contributed by atoms with Crippen LogP contribution in [-0.4, -0.2) is 12.5 Å². The largest absolute Gasteiger partial charge is 0.352 e. The van der Waals surface area contributed by atoms with Gasteiger partial charge >= 0.3 is 0 Å². The Bertz CT molecular complexity index is 140. The van der Waals surface area contributed by atoms with E-state index in [1.54, 1.807) is 0 Å². The fourth-order valence-electron chi connectivity index (χ4n) is 0.664. The van der Waals surface area contributed by atoms with Crippen LogP contribution >= 0.6 is 0 Å². The van der Waals surface area contributed by atoms with Gasteiger partial charge in [0.1, 0.15) is 0 Å². The molecule has 0 saturated heterocycles. The summed E-state index contributed by atoms with van der Waals surface area (Å²) in [6, 6.07) is 0. The Morgan fingerprint density at radius 1 is 1.45 bits per heavy atom. The molecule has 1 N–H and O–H groups in total. The highest BCUT2D eigenvalue weighted by molar-refractivity contribution is 5.92. The number of nitrogens with one attached hydrogen (secondary N) is 1. The van der Waals surface area contributed by atoms with E-state index < -0.39 is 0 Å². The summed E-state index contributed by atoms with van der Waals surface area (Å²) in [7, 11) is 0. The van der Waals surface area contributed by atoms with Gasteiger partial charge in [0.15, 0.2) is 0 Å². The van der Waals surface area contributed by atoms with E-state index in [-0.39, 0.29) is 5.91 Å². The smallest absolute Gasteiger partial charge is 0.246 e. The summed E-state index contributed by atoms with van der Waals surface area (Å²) in [5, 5.41) is 2.80. The molecule has 0 saturated carbocycles. The van der Waals surface area contributed by atoms with Crippen molar-refractivity contribution < 1.29 is 4.79 Å². The van der Waals surface area contributed by atoms with Gasteiger partial charge in [0.2, 0.25) is 5.91 Å². The van der Waals surface area contributed by atoms with Crippen molar-refractivity contribution >= 4 is 5.91 Å². The van der Waals surface area contributed by atoms with Crippen LogP contribution in [0.15, 0.2) is 12.2 Å². The van der Waals surface area contributed by atoms with Crippen molar-refractivity contribution in [1.29, 1.82) is 0 Å². The van der Waals surface area contributed by atoms with Crippen molar-refractivity contribution in [3.8, 4) is 0 Å². The highest BCUT2D eigenvalue weighted by Crippen LogP contribution is 1.95. The molecule has 0 heterocycles. The summed E-state index contributed by atoms with van der Waals surface area (Å²) in [5.41, 5.74) is 0.668. The predicted molar refractivity (Wildman–Crippen MR) is 47.3 cm³/mol. The fourth-order valence-corrected chi connectivity index (χ4v) is 0.664. The molecular formula is C9H17NO. The Hall–Kier alpha value is -0.790. The van der Waals surface area contributed by atoms with E-state index in [2.05, 4.69) is 18.8 Å². The van der Waals surface area contributed by atoms with Gasteiger partial charge in [0.05, 0.1) is 0 Å². The lowest BCUT2D eigenvalue weighted by Gasteiger charge is -2.03. The van der Waals surface area contributed by atoms with Gasteiger partial charge in [0.25, 0.3) is 0 Å². The van der Waals surface area contributed by atoms with Crippen LogP contribution in [0.2, 0.25) is 0 Å². The second-order valence-corrected chi connectivity index (χ2v) is 2.57. The maximum atomic E-state index is 11.0. The molecule has 0 spiro atoms. The molecule has 0 bridgehead atoms. The zero-order chi connectivity index (χ0) is 8.69. The Balaban J connectivity index is 3.44. The Labute approximate surface area is 68.7 Å². The molecule has 0 aliphatic carbocycles. The van der Waals surface area contributed by atoms with Gasteiger partial charge in [-0.25, -0.2) is 0 Å². The zero-order valence-electron chi connectivity index (χ0n) is 7.44. The quantitative estimate of drug-likeness (QED) is 0.476. The van der Waals surface area contributed by atoms with Crippen molar-refractivity contribution in [2.24, 2.45) is 0 Å². The van der Waals surface area contributed by atoms with Crippen LogP contribution in [-0.2, 0) is 4.79 Å². The van der Waals surface area contributed by atoms with E-state index >= 15 is 0 Å².